The van der Waals surface area contributed by atoms with Gasteiger partial charge in [0.1, 0.15) is 0 Å². The van der Waals surface area contributed by atoms with Crippen molar-refractivity contribution in [2.24, 2.45) is 5.92 Å². The highest BCUT2D eigenvalue weighted by atomic mass is 79.9. The molecule has 0 aliphatic carbocycles. The average molecular weight is 441 g/mol. The number of nitrogens with one attached hydrogen (secondary N) is 1. The zero-order chi connectivity index (χ0) is 18.6. The van der Waals surface area contributed by atoms with E-state index in [1.807, 2.05) is 6.20 Å². The van der Waals surface area contributed by atoms with Gasteiger partial charge in [0.25, 0.3) is 0 Å². The zero-order valence-corrected chi connectivity index (χ0v) is 16.6. The van der Waals surface area contributed by atoms with Crippen LogP contribution in [0.5, 0.6) is 0 Å². The van der Waals surface area contributed by atoms with Crippen LogP contribution in [0.15, 0.2) is 52.1 Å². The summed E-state index contributed by atoms with van der Waals surface area (Å²) in [5.74, 6) is -0.172. The van der Waals surface area contributed by atoms with Gasteiger partial charge in [0, 0.05) is 31.7 Å². The number of rotatable bonds is 6. The minimum Gasteiger partial charge on any atom is -0.354 e. The van der Waals surface area contributed by atoms with E-state index in [4.69, 9.17) is 0 Å². The Labute approximate surface area is 161 Å². The summed E-state index contributed by atoms with van der Waals surface area (Å²) >= 11 is 3.33. The molecule has 9 heteroatoms. The number of carbonyl (C=O) groups excluding carboxylic acids is 1. The second-order valence-corrected chi connectivity index (χ2v) is 9.06. The number of hydrogen-bond acceptors (Lipinski definition) is 4. The van der Waals surface area contributed by atoms with E-state index in [1.165, 1.54) is 4.31 Å². The van der Waals surface area contributed by atoms with Gasteiger partial charge in [-0.3, -0.25) is 9.48 Å². The van der Waals surface area contributed by atoms with Crippen LogP contribution in [0.3, 0.4) is 0 Å². The van der Waals surface area contributed by atoms with Crippen molar-refractivity contribution in [2.45, 2.75) is 24.3 Å². The maximum absolute atomic E-state index is 12.6. The van der Waals surface area contributed by atoms with Crippen LogP contribution >= 0.6 is 15.9 Å². The van der Waals surface area contributed by atoms with Crippen molar-refractivity contribution in [3.63, 3.8) is 0 Å². The molecule has 2 heterocycles. The lowest BCUT2D eigenvalue weighted by molar-refractivity contribution is -0.126. The first-order valence-corrected chi connectivity index (χ1v) is 10.7. The quantitative estimate of drug-likeness (QED) is 0.742. The fourth-order valence-corrected chi connectivity index (χ4v) is 4.82. The molecule has 1 fully saturated rings. The maximum Gasteiger partial charge on any atom is 0.243 e. The Morgan fingerprint density at radius 3 is 2.54 bits per heavy atom. The van der Waals surface area contributed by atoms with Gasteiger partial charge in [-0.15, -0.1) is 0 Å². The van der Waals surface area contributed by atoms with Gasteiger partial charge < -0.3 is 5.32 Å². The van der Waals surface area contributed by atoms with Crippen LogP contribution in [-0.2, 0) is 21.4 Å². The van der Waals surface area contributed by atoms with Crippen molar-refractivity contribution in [3.05, 3.63) is 47.2 Å². The zero-order valence-electron chi connectivity index (χ0n) is 14.2. The summed E-state index contributed by atoms with van der Waals surface area (Å²) in [6.45, 7) is 1.82. The molecule has 2 aromatic rings. The Hall–Kier alpha value is -1.71. The van der Waals surface area contributed by atoms with Crippen LogP contribution in [0.4, 0.5) is 0 Å². The molecular weight excluding hydrogens is 420 g/mol. The molecule has 1 aliphatic rings. The van der Waals surface area contributed by atoms with E-state index in [0.29, 0.717) is 43.9 Å². The highest BCUT2D eigenvalue weighted by molar-refractivity contribution is 9.10. The third-order valence-electron chi connectivity index (χ3n) is 4.45. The Balaban J connectivity index is 1.48. The number of nitrogens with zero attached hydrogens (tertiary/aromatic N) is 3. The average Bonchev–Trinajstić information content (AvgIpc) is 3.07. The number of halogens is 1. The molecule has 1 aliphatic heterocycles. The van der Waals surface area contributed by atoms with Crippen LogP contribution in [0, 0.1) is 5.92 Å². The van der Waals surface area contributed by atoms with E-state index in [2.05, 4.69) is 26.3 Å². The second-order valence-electron chi connectivity index (χ2n) is 6.20. The molecule has 0 radical (unpaired) electrons. The Kier molecular flexibility index (Phi) is 6.10. The number of hydrogen-bond donors (Lipinski definition) is 1. The maximum atomic E-state index is 12.6. The first kappa shape index (κ1) is 19.1. The molecule has 0 bridgehead atoms. The summed E-state index contributed by atoms with van der Waals surface area (Å²) in [6.07, 6.45) is 4.61. The fourth-order valence-electron chi connectivity index (χ4n) is 3.00. The van der Waals surface area contributed by atoms with Gasteiger partial charge in [0.15, 0.2) is 0 Å². The molecule has 3 rings (SSSR count). The van der Waals surface area contributed by atoms with Crippen molar-refractivity contribution in [1.29, 1.82) is 0 Å². The van der Waals surface area contributed by atoms with Crippen molar-refractivity contribution in [3.8, 4) is 0 Å². The molecule has 7 nitrogen and oxygen atoms in total. The standard InChI is InChI=1S/C17H21BrN4O3S/c18-15-12-20-21(13-15)11-8-19-17(23)14-6-9-22(10-7-14)26(24,25)16-4-2-1-3-5-16/h1-5,12-14H,6-11H2,(H,19,23). The number of benzene rings is 1. The highest BCUT2D eigenvalue weighted by Crippen LogP contribution is 2.23. The van der Waals surface area contributed by atoms with Gasteiger partial charge in [-0.25, -0.2) is 8.42 Å². The molecule has 1 amide bonds. The number of piperidine rings is 1. The summed E-state index contributed by atoms with van der Waals surface area (Å²) in [4.78, 5) is 12.6. The Morgan fingerprint density at radius 2 is 1.92 bits per heavy atom. The first-order valence-electron chi connectivity index (χ1n) is 8.47. The topological polar surface area (TPSA) is 84.3 Å². The lowest BCUT2D eigenvalue weighted by Crippen LogP contribution is -2.43. The smallest absolute Gasteiger partial charge is 0.243 e. The molecule has 1 N–H and O–H groups in total. The van der Waals surface area contributed by atoms with Gasteiger partial charge in [0.2, 0.25) is 15.9 Å². The van der Waals surface area contributed by atoms with Gasteiger partial charge in [0.05, 0.1) is 22.1 Å². The van der Waals surface area contributed by atoms with Crippen LogP contribution in [0.25, 0.3) is 0 Å². The summed E-state index contributed by atoms with van der Waals surface area (Å²) in [5, 5.41) is 7.05. The number of carbonyl (C=O) groups is 1. The summed E-state index contributed by atoms with van der Waals surface area (Å²) in [6, 6.07) is 8.41. The second kappa shape index (κ2) is 8.32. The third-order valence-corrected chi connectivity index (χ3v) is 6.77. The molecule has 140 valence electrons. The van der Waals surface area contributed by atoms with Crippen LogP contribution in [0.2, 0.25) is 0 Å². The normalized spacial score (nSPS) is 16.5. The summed E-state index contributed by atoms with van der Waals surface area (Å²) in [5.41, 5.74) is 0. The molecule has 0 atom stereocenters. The van der Waals surface area contributed by atoms with Crippen molar-refractivity contribution < 1.29 is 13.2 Å². The monoisotopic (exact) mass is 440 g/mol. The molecule has 0 unspecified atom stereocenters. The highest BCUT2D eigenvalue weighted by Gasteiger charge is 2.31. The first-order chi connectivity index (χ1) is 12.5. The molecule has 0 spiro atoms. The predicted octanol–water partition coefficient (Wildman–Crippen LogP) is 1.86. The van der Waals surface area contributed by atoms with Crippen molar-refractivity contribution in [2.75, 3.05) is 19.6 Å². The molecule has 1 aromatic carbocycles. The minimum atomic E-state index is -3.48. The van der Waals surface area contributed by atoms with Gasteiger partial charge >= 0.3 is 0 Å². The Morgan fingerprint density at radius 1 is 1.23 bits per heavy atom. The minimum absolute atomic E-state index is 0.0204. The van der Waals surface area contributed by atoms with Crippen LogP contribution in [0.1, 0.15) is 12.8 Å². The molecule has 1 saturated heterocycles. The lowest BCUT2D eigenvalue weighted by Gasteiger charge is -2.30. The van der Waals surface area contributed by atoms with E-state index in [9.17, 15) is 13.2 Å². The lowest BCUT2D eigenvalue weighted by atomic mass is 9.97. The molecule has 26 heavy (non-hydrogen) atoms. The van der Waals surface area contributed by atoms with E-state index >= 15 is 0 Å². The van der Waals surface area contributed by atoms with E-state index in [1.54, 1.807) is 41.2 Å². The Bertz CT molecular complexity index is 846. The van der Waals surface area contributed by atoms with Gasteiger partial charge in [-0.05, 0) is 40.9 Å². The van der Waals surface area contributed by atoms with Crippen LogP contribution < -0.4 is 5.32 Å². The predicted molar refractivity (Wildman–Crippen MR) is 101 cm³/mol. The van der Waals surface area contributed by atoms with Gasteiger partial charge in [-0.2, -0.15) is 9.40 Å². The summed E-state index contributed by atoms with van der Waals surface area (Å²) in [7, 11) is -3.48. The fraction of sp³-hybridized carbons (Fsp3) is 0.412. The number of sulfonamides is 1. The van der Waals surface area contributed by atoms with E-state index < -0.39 is 10.0 Å². The molecule has 1 aromatic heterocycles. The number of aromatic nitrogens is 2. The van der Waals surface area contributed by atoms with Crippen LogP contribution in [-0.4, -0.2) is 48.0 Å². The third kappa shape index (κ3) is 4.52. The van der Waals surface area contributed by atoms with Crippen molar-refractivity contribution in [1.82, 2.24) is 19.4 Å². The molecular formula is C17H21BrN4O3S. The molecule has 0 saturated carbocycles. The van der Waals surface area contributed by atoms with Crippen molar-refractivity contribution >= 4 is 31.9 Å². The number of amides is 1. The SMILES string of the molecule is O=C(NCCn1cc(Br)cn1)C1CCN(S(=O)(=O)c2ccccc2)CC1. The van der Waals surface area contributed by atoms with E-state index in [0.717, 1.165) is 4.47 Å². The summed E-state index contributed by atoms with van der Waals surface area (Å²) < 4.78 is 29.3. The van der Waals surface area contributed by atoms with Gasteiger partial charge in [-0.1, -0.05) is 18.2 Å². The largest absolute Gasteiger partial charge is 0.354 e. The van der Waals surface area contributed by atoms with E-state index in [-0.39, 0.29) is 11.8 Å².